The number of aliphatic hydroxyl groups excluding tert-OH is 1. The molecule has 0 aliphatic carbocycles. The van der Waals surface area contributed by atoms with Crippen LogP contribution in [0.3, 0.4) is 0 Å². The molecule has 2 rings (SSSR count). The summed E-state index contributed by atoms with van der Waals surface area (Å²) >= 11 is 0. The van der Waals surface area contributed by atoms with Crippen molar-refractivity contribution in [2.75, 3.05) is 20.3 Å². The lowest BCUT2D eigenvalue weighted by Crippen LogP contribution is -2.49. The van der Waals surface area contributed by atoms with E-state index in [1.54, 1.807) is 7.11 Å². The summed E-state index contributed by atoms with van der Waals surface area (Å²) in [7, 11) is 1.67. The molecule has 1 aliphatic rings. The number of methoxy groups -OCH3 is 1. The maximum atomic E-state index is 10.4. The van der Waals surface area contributed by atoms with Gasteiger partial charge < -0.3 is 14.6 Å². The smallest absolute Gasteiger partial charge is 0.0983 e. The van der Waals surface area contributed by atoms with E-state index in [1.807, 2.05) is 24.0 Å². The largest absolute Gasteiger partial charge is 0.390 e. The summed E-state index contributed by atoms with van der Waals surface area (Å²) in [6.07, 6.45) is 5.34. The highest BCUT2D eigenvalue weighted by Crippen LogP contribution is 2.30. The Morgan fingerprint density at radius 3 is 2.83 bits per heavy atom. The van der Waals surface area contributed by atoms with Gasteiger partial charge in [-0.25, -0.2) is 0 Å². The molecule has 1 atom stereocenters. The second-order valence-electron chi connectivity index (χ2n) is 4.81. The zero-order valence-corrected chi connectivity index (χ0v) is 11.1. The van der Waals surface area contributed by atoms with Gasteiger partial charge in [0.1, 0.15) is 0 Å². The molecule has 1 unspecified atom stereocenters. The first-order chi connectivity index (χ1) is 8.70. The molecule has 1 saturated heterocycles. The van der Waals surface area contributed by atoms with Gasteiger partial charge in [-0.15, -0.1) is 0 Å². The van der Waals surface area contributed by atoms with E-state index in [9.17, 15) is 5.11 Å². The first-order valence-corrected chi connectivity index (χ1v) is 6.52. The molecule has 0 saturated carbocycles. The van der Waals surface area contributed by atoms with Crippen LogP contribution in [0.5, 0.6) is 0 Å². The molecule has 1 aliphatic heterocycles. The SMILES string of the molecule is CCn1cc(CC(O)C2(OC)CCOCC2)cn1. The molecule has 0 bridgehead atoms. The summed E-state index contributed by atoms with van der Waals surface area (Å²) < 4.78 is 12.8. The van der Waals surface area contributed by atoms with E-state index in [-0.39, 0.29) is 0 Å². The highest BCUT2D eigenvalue weighted by molar-refractivity contribution is 5.08. The van der Waals surface area contributed by atoms with Gasteiger partial charge in [0.2, 0.25) is 0 Å². The van der Waals surface area contributed by atoms with Gasteiger partial charge in [-0.05, 0) is 12.5 Å². The van der Waals surface area contributed by atoms with Crippen LogP contribution in [-0.2, 0) is 22.4 Å². The molecule has 102 valence electrons. The van der Waals surface area contributed by atoms with E-state index in [1.165, 1.54) is 0 Å². The van der Waals surface area contributed by atoms with Crippen molar-refractivity contribution in [3.05, 3.63) is 18.0 Å². The molecule has 2 heterocycles. The topological polar surface area (TPSA) is 56.5 Å². The Balaban J connectivity index is 2.02. The summed E-state index contributed by atoms with van der Waals surface area (Å²) in [5.41, 5.74) is 0.583. The highest BCUT2D eigenvalue weighted by Gasteiger charge is 2.39. The molecule has 0 spiro atoms. The molecule has 1 aromatic rings. The predicted molar refractivity (Wildman–Crippen MR) is 67.4 cm³/mol. The fraction of sp³-hybridized carbons (Fsp3) is 0.769. The van der Waals surface area contributed by atoms with Gasteiger partial charge in [0, 0.05) is 52.3 Å². The van der Waals surface area contributed by atoms with Crippen LogP contribution in [0, 0.1) is 0 Å². The Labute approximate surface area is 108 Å². The van der Waals surface area contributed by atoms with Crippen molar-refractivity contribution < 1.29 is 14.6 Å². The summed E-state index contributed by atoms with van der Waals surface area (Å²) in [5.74, 6) is 0. The Bertz CT molecular complexity index is 372. The molecular weight excluding hydrogens is 232 g/mol. The van der Waals surface area contributed by atoms with Crippen LogP contribution in [0.4, 0.5) is 0 Å². The third kappa shape index (κ3) is 2.74. The third-order valence-electron chi connectivity index (χ3n) is 3.79. The van der Waals surface area contributed by atoms with Crippen molar-refractivity contribution in [2.45, 2.75) is 44.4 Å². The molecule has 1 N–H and O–H groups in total. The van der Waals surface area contributed by atoms with E-state index in [0.717, 1.165) is 24.9 Å². The average Bonchev–Trinajstić information content (AvgIpc) is 2.87. The number of nitrogens with zero attached hydrogens (tertiary/aromatic N) is 2. The number of hydrogen-bond acceptors (Lipinski definition) is 4. The lowest BCUT2D eigenvalue weighted by atomic mass is 9.85. The lowest BCUT2D eigenvalue weighted by molar-refractivity contribution is -0.151. The molecule has 5 heteroatoms. The van der Waals surface area contributed by atoms with Crippen molar-refractivity contribution in [3.8, 4) is 0 Å². The van der Waals surface area contributed by atoms with Crippen molar-refractivity contribution in [1.82, 2.24) is 9.78 Å². The van der Waals surface area contributed by atoms with Gasteiger partial charge in [-0.3, -0.25) is 4.68 Å². The zero-order valence-electron chi connectivity index (χ0n) is 11.1. The minimum atomic E-state index is -0.513. The van der Waals surface area contributed by atoms with Gasteiger partial charge in [-0.2, -0.15) is 5.10 Å². The van der Waals surface area contributed by atoms with Crippen molar-refractivity contribution in [2.24, 2.45) is 0 Å². The van der Waals surface area contributed by atoms with Crippen molar-refractivity contribution >= 4 is 0 Å². The molecule has 1 fully saturated rings. The minimum Gasteiger partial charge on any atom is -0.390 e. The molecule has 5 nitrogen and oxygen atoms in total. The first kappa shape index (κ1) is 13.5. The standard InChI is InChI=1S/C13H22N2O3/c1-3-15-10-11(9-14-15)8-12(16)13(17-2)4-6-18-7-5-13/h9-10,12,16H,3-8H2,1-2H3. The number of aliphatic hydroxyl groups is 1. The van der Waals surface area contributed by atoms with E-state index < -0.39 is 11.7 Å². The Morgan fingerprint density at radius 1 is 1.56 bits per heavy atom. The average molecular weight is 254 g/mol. The van der Waals surface area contributed by atoms with E-state index in [4.69, 9.17) is 9.47 Å². The molecule has 0 aromatic carbocycles. The quantitative estimate of drug-likeness (QED) is 0.851. The van der Waals surface area contributed by atoms with Crippen LogP contribution in [0.2, 0.25) is 0 Å². The van der Waals surface area contributed by atoms with Crippen LogP contribution < -0.4 is 0 Å². The number of rotatable bonds is 5. The summed E-state index contributed by atoms with van der Waals surface area (Å²) in [6, 6.07) is 0. The zero-order chi connectivity index (χ0) is 13.0. The van der Waals surface area contributed by atoms with Gasteiger partial charge in [0.25, 0.3) is 0 Å². The molecule has 0 radical (unpaired) electrons. The van der Waals surface area contributed by atoms with Crippen LogP contribution in [0.25, 0.3) is 0 Å². The molecule has 18 heavy (non-hydrogen) atoms. The minimum absolute atomic E-state index is 0.466. The highest BCUT2D eigenvalue weighted by atomic mass is 16.5. The van der Waals surface area contributed by atoms with Gasteiger partial charge in [-0.1, -0.05) is 0 Å². The number of aryl methyl sites for hydroxylation is 1. The normalized spacial score (nSPS) is 20.8. The summed E-state index contributed by atoms with van der Waals surface area (Å²) in [4.78, 5) is 0. The number of aromatic nitrogens is 2. The summed E-state index contributed by atoms with van der Waals surface area (Å²) in [5, 5.41) is 14.7. The monoisotopic (exact) mass is 254 g/mol. The van der Waals surface area contributed by atoms with Crippen LogP contribution in [0.15, 0.2) is 12.4 Å². The molecular formula is C13H22N2O3. The van der Waals surface area contributed by atoms with Gasteiger partial charge in [0.15, 0.2) is 0 Å². The first-order valence-electron chi connectivity index (χ1n) is 6.52. The fourth-order valence-electron chi connectivity index (χ4n) is 2.48. The second-order valence-corrected chi connectivity index (χ2v) is 4.81. The Hall–Kier alpha value is -0.910. The Morgan fingerprint density at radius 2 is 2.28 bits per heavy atom. The lowest BCUT2D eigenvalue weighted by Gasteiger charge is -2.39. The molecule has 1 aromatic heterocycles. The van der Waals surface area contributed by atoms with E-state index >= 15 is 0 Å². The maximum absolute atomic E-state index is 10.4. The van der Waals surface area contributed by atoms with Crippen molar-refractivity contribution in [1.29, 1.82) is 0 Å². The van der Waals surface area contributed by atoms with Crippen LogP contribution >= 0.6 is 0 Å². The van der Waals surface area contributed by atoms with E-state index in [2.05, 4.69) is 5.10 Å². The summed E-state index contributed by atoms with van der Waals surface area (Å²) in [6.45, 7) is 4.19. The third-order valence-corrected chi connectivity index (χ3v) is 3.79. The molecule has 0 amide bonds. The maximum Gasteiger partial charge on any atom is 0.0983 e. The van der Waals surface area contributed by atoms with E-state index in [0.29, 0.717) is 19.6 Å². The van der Waals surface area contributed by atoms with Crippen molar-refractivity contribution in [3.63, 3.8) is 0 Å². The number of ether oxygens (including phenoxy) is 2. The second kappa shape index (κ2) is 5.82. The fourth-order valence-corrected chi connectivity index (χ4v) is 2.48. The van der Waals surface area contributed by atoms with Gasteiger partial charge >= 0.3 is 0 Å². The Kier molecular flexibility index (Phi) is 4.37. The van der Waals surface area contributed by atoms with Crippen LogP contribution in [0.1, 0.15) is 25.3 Å². The number of hydrogen-bond donors (Lipinski definition) is 1. The predicted octanol–water partition coefficient (Wildman–Crippen LogP) is 1.00. The van der Waals surface area contributed by atoms with Crippen LogP contribution in [-0.4, -0.2) is 46.9 Å². The van der Waals surface area contributed by atoms with Gasteiger partial charge in [0.05, 0.1) is 17.9 Å².